The largest absolute Gasteiger partial charge is 0.352 e. The number of hydrogen-bond donors (Lipinski definition) is 1. The van der Waals surface area contributed by atoms with E-state index in [-0.39, 0.29) is 17.9 Å². The van der Waals surface area contributed by atoms with Crippen molar-refractivity contribution < 1.29 is 13.6 Å². The molecule has 0 radical (unpaired) electrons. The van der Waals surface area contributed by atoms with Crippen LogP contribution in [0.4, 0.5) is 8.78 Å². The Morgan fingerprint density at radius 3 is 2.24 bits per heavy atom. The first-order chi connectivity index (χ1) is 16.1. The zero-order chi connectivity index (χ0) is 22.8. The number of nitrogens with one attached hydrogen (secondary N) is 1. The predicted octanol–water partition coefficient (Wildman–Crippen LogP) is 6.55. The van der Waals surface area contributed by atoms with Crippen LogP contribution in [0.3, 0.4) is 0 Å². The van der Waals surface area contributed by atoms with Crippen molar-refractivity contribution in [3.05, 3.63) is 54.1 Å². The molecule has 2 aliphatic rings. The van der Waals surface area contributed by atoms with Crippen molar-refractivity contribution in [1.29, 1.82) is 0 Å². The number of para-hydroxylation sites is 2. The molecule has 2 aromatic carbocycles. The molecule has 0 aliphatic heterocycles. The molecule has 1 atom stereocenters. The minimum absolute atomic E-state index is 0.00933. The standard InChI is InChI=1S/C27H31F2N3O/c28-20-15-19(16-21(29)17-20)26-31-23-13-7-8-14-24(23)32(26)25(18-9-3-1-4-10-18)27(33)30-22-11-5-2-6-12-22/h7-8,13-18,22,25H,1-6,9-12H2,(H,30,33). The average molecular weight is 452 g/mol. The maximum absolute atomic E-state index is 14.2. The second-order valence-electron chi connectivity index (χ2n) is 9.64. The van der Waals surface area contributed by atoms with Gasteiger partial charge in [-0.3, -0.25) is 4.79 Å². The van der Waals surface area contributed by atoms with E-state index in [1.807, 2.05) is 28.8 Å². The van der Waals surface area contributed by atoms with E-state index in [1.54, 1.807) is 0 Å². The number of aromatic nitrogens is 2. The summed E-state index contributed by atoms with van der Waals surface area (Å²) < 4.78 is 30.3. The molecule has 2 aliphatic carbocycles. The highest BCUT2D eigenvalue weighted by atomic mass is 19.1. The zero-order valence-electron chi connectivity index (χ0n) is 18.9. The minimum atomic E-state index is -0.649. The van der Waals surface area contributed by atoms with Crippen molar-refractivity contribution >= 4 is 16.9 Å². The van der Waals surface area contributed by atoms with Gasteiger partial charge in [0.15, 0.2) is 0 Å². The molecular formula is C27H31F2N3O. The first-order valence-corrected chi connectivity index (χ1v) is 12.3. The highest BCUT2D eigenvalue weighted by Crippen LogP contribution is 2.39. The second-order valence-corrected chi connectivity index (χ2v) is 9.64. The number of amides is 1. The van der Waals surface area contributed by atoms with Crippen molar-refractivity contribution in [3.8, 4) is 11.4 Å². The molecule has 1 heterocycles. The average Bonchev–Trinajstić information content (AvgIpc) is 3.19. The smallest absolute Gasteiger partial charge is 0.243 e. The van der Waals surface area contributed by atoms with E-state index in [0.29, 0.717) is 11.4 Å². The lowest BCUT2D eigenvalue weighted by Crippen LogP contribution is -2.43. The first-order valence-electron chi connectivity index (χ1n) is 12.3. The minimum Gasteiger partial charge on any atom is -0.352 e. The van der Waals surface area contributed by atoms with Crippen LogP contribution in [0.2, 0.25) is 0 Å². The van der Waals surface area contributed by atoms with Crippen molar-refractivity contribution in [1.82, 2.24) is 14.9 Å². The fourth-order valence-corrected chi connectivity index (χ4v) is 5.74. The van der Waals surface area contributed by atoms with Gasteiger partial charge in [0.2, 0.25) is 5.91 Å². The monoisotopic (exact) mass is 451 g/mol. The van der Waals surface area contributed by atoms with Gasteiger partial charge in [0.1, 0.15) is 23.5 Å². The van der Waals surface area contributed by atoms with Crippen molar-refractivity contribution in [2.24, 2.45) is 5.92 Å². The van der Waals surface area contributed by atoms with Gasteiger partial charge in [0.25, 0.3) is 0 Å². The molecule has 33 heavy (non-hydrogen) atoms. The molecule has 3 aromatic rings. The van der Waals surface area contributed by atoms with Crippen LogP contribution in [0.25, 0.3) is 22.4 Å². The first kappa shape index (κ1) is 22.1. The van der Waals surface area contributed by atoms with Crippen molar-refractivity contribution in [2.45, 2.75) is 76.3 Å². The van der Waals surface area contributed by atoms with Crippen molar-refractivity contribution in [3.63, 3.8) is 0 Å². The molecule has 6 heteroatoms. The van der Waals surface area contributed by atoms with E-state index in [2.05, 4.69) is 5.32 Å². The molecular weight excluding hydrogens is 420 g/mol. The fraction of sp³-hybridized carbons (Fsp3) is 0.481. The highest BCUT2D eigenvalue weighted by Gasteiger charge is 2.35. The molecule has 1 amide bonds. The van der Waals surface area contributed by atoms with Gasteiger partial charge in [-0.25, -0.2) is 13.8 Å². The predicted molar refractivity (Wildman–Crippen MR) is 126 cm³/mol. The molecule has 1 N–H and O–H groups in total. The molecule has 0 saturated heterocycles. The number of hydrogen-bond acceptors (Lipinski definition) is 2. The van der Waals surface area contributed by atoms with Crippen LogP contribution in [-0.4, -0.2) is 21.5 Å². The van der Waals surface area contributed by atoms with E-state index < -0.39 is 17.7 Å². The molecule has 0 bridgehead atoms. The lowest BCUT2D eigenvalue weighted by atomic mass is 9.82. The van der Waals surface area contributed by atoms with Crippen LogP contribution >= 0.6 is 0 Å². The molecule has 1 unspecified atom stereocenters. The maximum Gasteiger partial charge on any atom is 0.243 e. The Morgan fingerprint density at radius 2 is 1.55 bits per heavy atom. The lowest BCUT2D eigenvalue weighted by molar-refractivity contribution is -0.127. The fourth-order valence-electron chi connectivity index (χ4n) is 5.74. The summed E-state index contributed by atoms with van der Waals surface area (Å²) in [5.74, 6) is -0.676. The topological polar surface area (TPSA) is 46.9 Å². The van der Waals surface area contributed by atoms with E-state index in [1.165, 1.54) is 25.0 Å². The van der Waals surface area contributed by atoms with Crippen LogP contribution in [0, 0.1) is 17.6 Å². The van der Waals surface area contributed by atoms with Crippen LogP contribution < -0.4 is 5.32 Å². The van der Waals surface area contributed by atoms with Crippen LogP contribution in [-0.2, 0) is 4.79 Å². The van der Waals surface area contributed by atoms with Gasteiger partial charge >= 0.3 is 0 Å². The Kier molecular flexibility index (Phi) is 6.43. The van der Waals surface area contributed by atoms with E-state index in [4.69, 9.17) is 4.98 Å². The highest BCUT2D eigenvalue weighted by molar-refractivity contribution is 5.87. The number of halogens is 2. The Morgan fingerprint density at radius 1 is 0.909 bits per heavy atom. The normalized spacial score (nSPS) is 19.0. The summed E-state index contributed by atoms with van der Waals surface area (Å²) in [6.45, 7) is 0. The van der Waals surface area contributed by atoms with Gasteiger partial charge in [-0.05, 0) is 55.9 Å². The van der Waals surface area contributed by atoms with Crippen LogP contribution in [0.5, 0.6) is 0 Å². The Balaban J connectivity index is 1.63. The van der Waals surface area contributed by atoms with E-state index in [0.717, 1.165) is 68.5 Å². The summed E-state index contributed by atoms with van der Waals surface area (Å²) in [5.41, 5.74) is 1.91. The maximum atomic E-state index is 14.2. The van der Waals surface area contributed by atoms with Gasteiger partial charge in [-0.1, -0.05) is 50.7 Å². The van der Waals surface area contributed by atoms with Gasteiger partial charge in [-0.15, -0.1) is 0 Å². The summed E-state index contributed by atoms with van der Waals surface area (Å²) in [4.78, 5) is 18.6. The quantitative estimate of drug-likeness (QED) is 0.478. The van der Waals surface area contributed by atoms with Gasteiger partial charge < -0.3 is 9.88 Å². The summed E-state index contributed by atoms with van der Waals surface area (Å²) in [6, 6.07) is 10.9. The van der Waals surface area contributed by atoms with Crippen molar-refractivity contribution in [2.75, 3.05) is 0 Å². The Labute approximate surface area is 193 Å². The van der Waals surface area contributed by atoms with E-state index in [9.17, 15) is 13.6 Å². The molecule has 5 rings (SSSR count). The number of rotatable bonds is 5. The molecule has 2 saturated carbocycles. The van der Waals surface area contributed by atoms with Crippen LogP contribution in [0.1, 0.15) is 70.3 Å². The number of carbonyl (C=O) groups excluding carboxylic acids is 1. The van der Waals surface area contributed by atoms with E-state index >= 15 is 0 Å². The summed E-state index contributed by atoms with van der Waals surface area (Å²) >= 11 is 0. The second kappa shape index (κ2) is 9.62. The lowest BCUT2D eigenvalue weighted by Gasteiger charge is -2.33. The summed E-state index contributed by atoms with van der Waals surface area (Å²) in [6.07, 6.45) is 10.8. The SMILES string of the molecule is O=C(NC1CCCCC1)C(C1CCCCC1)n1c(-c2cc(F)cc(F)c2)nc2ccccc21. The third kappa shape index (κ3) is 4.66. The molecule has 2 fully saturated rings. The van der Waals surface area contributed by atoms with Gasteiger partial charge in [0.05, 0.1) is 11.0 Å². The third-order valence-corrected chi connectivity index (χ3v) is 7.31. The number of carbonyl (C=O) groups is 1. The third-order valence-electron chi connectivity index (χ3n) is 7.31. The summed E-state index contributed by atoms with van der Waals surface area (Å²) in [7, 11) is 0. The Hall–Kier alpha value is -2.76. The molecule has 4 nitrogen and oxygen atoms in total. The summed E-state index contributed by atoms with van der Waals surface area (Å²) in [5, 5.41) is 3.33. The molecule has 1 aromatic heterocycles. The number of fused-ring (bicyclic) bond motifs is 1. The number of imidazole rings is 1. The molecule has 174 valence electrons. The zero-order valence-corrected chi connectivity index (χ0v) is 18.9. The van der Waals surface area contributed by atoms with Gasteiger partial charge in [0, 0.05) is 17.7 Å². The Bertz CT molecular complexity index is 1110. The molecule has 0 spiro atoms. The number of nitrogens with zero attached hydrogens (tertiary/aromatic N) is 2. The van der Waals surface area contributed by atoms with Gasteiger partial charge in [-0.2, -0.15) is 0 Å². The number of benzene rings is 2. The van der Waals surface area contributed by atoms with Crippen LogP contribution in [0.15, 0.2) is 42.5 Å².